The van der Waals surface area contributed by atoms with Gasteiger partial charge in [-0.3, -0.25) is 9.69 Å². The summed E-state index contributed by atoms with van der Waals surface area (Å²) in [7, 11) is 3.23. The molecule has 1 fully saturated rings. The van der Waals surface area contributed by atoms with Crippen LogP contribution in [0.15, 0.2) is 18.2 Å². The normalized spacial score (nSPS) is 19.5. The maximum absolute atomic E-state index is 12.7. The van der Waals surface area contributed by atoms with Crippen molar-refractivity contribution in [2.24, 2.45) is 0 Å². The summed E-state index contributed by atoms with van der Waals surface area (Å²) in [5, 5.41) is 3.71. The minimum Gasteiger partial charge on any atom is -0.493 e. The molecule has 0 spiro atoms. The number of thioether (sulfide) groups is 1. The number of carbonyl (C=O) groups is 1. The second-order valence-corrected chi connectivity index (χ2v) is 8.23. The summed E-state index contributed by atoms with van der Waals surface area (Å²) >= 11 is 2.02. The molecule has 0 radical (unpaired) electrons. The molecule has 0 saturated carbocycles. The number of benzene rings is 1. The first-order chi connectivity index (χ1) is 12.6. The second-order valence-electron chi connectivity index (χ2n) is 6.65. The lowest BCUT2D eigenvalue weighted by Gasteiger charge is -2.29. The van der Waals surface area contributed by atoms with Crippen molar-refractivity contribution < 1.29 is 14.3 Å². The molecule has 5 nitrogen and oxygen atoms in total. The lowest BCUT2D eigenvalue weighted by molar-refractivity contribution is -0.126. The van der Waals surface area contributed by atoms with E-state index in [4.69, 9.17) is 9.47 Å². The van der Waals surface area contributed by atoms with Crippen molar-refractivity contribution >= 4 is 17.7 Å². The third-order valence-corrected chi connectivity index (χ3v) is 6.09. The summed E-state index contributed by atoms with van der Waals surface area (Å²) < 4.78 is 10.6. The number of amides is 1. The topological polar surface area (TPSA) is 50.8 Å². The van der Waals surface area contributed by atoms with Gasteiger partial charge in [-0.05, 0) is 49.8 Å². The maximum atomic E-state index is 12.7. The lowest BCUT2D eigenvalue weighted by atomic mass is 10.2. The molecule has 0 bridgehead atoms. The minimum absolute atomic E-state index is 0.0851. The SMILES string of the molecule is CCSC1CCCCN(C(C)C(=O)NCc2ccc(OC)c(OC)c2)C1. The Hall–Kier alpha value is -1.40. The van der Waals surface area contributed by atoms with E-state index in [-0.39, 0.29) is 11.9 Å². The van der Waals surface area contributed by atoms with Crippen LogP contribution in [-0.2, 0) is 11.3 Å². The van der Waals surface area contributed by atoms with Gasteiger partial charge in [-0.1, -0.05) is 19.4 Å². The quantitative estimate of drug-likeness (QED) is 0.750. The number of methoxy groups -OCH3 is 2. The van der Waals surface area contributed by atoms with Crippen LogP contribution in [0.25, 0.3) is 0 Å². The van der Waals surface area contributed by atoms with E-state index in [0.717, 1.165) is 24.4 Å². The molecule has 2 unspecified atom stereocenters. The Balaban J connectivity index is 1.92. The van der Waals surface area contributed by atoms with Gasteiger partial charge in [0.1, 0.15) is 0 Å². The van der Waals surface area contributed by atoms with Crippen molar-refractivity contribution in [3.63, 3.8) is 0 Å². The summed E-state index contributed by atoms with van der Waals surface area (Å²) in [5.41, 5.74) is 0.999. The first-order valence-corrected chi connectivity index (χ1v) is 10.5. The monoisotopic (exact) mass is 380 g/mol. The van der Waals surface area contributed by atoms with Gasteiger partial charge in [0.2, 0.25) is 5.91 Å². The molecule has 2 rings (SSSR count). The van der Waals surface area contributed by atoms with Crippen LogP contribution in [0.5, 0.6) is 11.5 Å². The molecule has 1 aromatic rings. The first kappa shape index (κ1) is 20.9. The Morgan fingerprint density at radius 3 is 2.77 bits per heavy atom. The van der Waals surface area contributed by atoms with E-state index < -0.39 is 0 Å². The molecule has 146 valence electrons. The van der Waals surface area contributed by atoms with E-state index in [1.54, 1.807) is 14.2 Å². The maximum Gasteiger partial charge on any atom is 0.237 e. The van der Waals surface area contributed by atoms with Gasteiger partial charge in [0.15, 0.2) is 11.5 Å². The van der Waals surface area contributed by atoms with Crippen LogP contribution in [0.3, 0.4) is 0 Å². The van der Waals surface area contributed by atoms with E-state index in [1.807, 2.05) is 36.9 Å². The fourth-order valence-electron chi connectivity index (χ4n) is 3.35. The summed E-state index contributed by atoms with van der Waals surface area (Å²) in [6.07, 6.45) is 3.69. The Kier molecular flexibility index (Phi) is 8.59. The zero-order valence-corrected chi connectivity index (χ0v) is 17.2. The Labute approximate surface area is 161 Å². The third-order valence-electron chi connectivity index (χ3n) is 4.90. The number of rotatable bonds is 8. The fourth-order valence-corrected chi connectivity index (χ4v) is 4.45. The number of hydrogen-bond donors (Lipinski definition) is 1. The molecular weight excluding hydrogens is 348 g/mol. The van der Waals surface area contributed by atoms with Gasteiger partial charge in [0.05, 0.1) is 20.3 Å². The van der Waals surface area contributed by atoms with Gasteiger partial charge >= 0.3 is 0 Å². The van der Waals surface area contributed by atoms with Crippen LogP contribution >= 0.6 is 11.8 Å². The summed E-state index contributed by atoms with van der Waals surface area (Å²) in [6, 6.07) is 5.62. The zero-order chi connectivity index (χ0) is 18.9. The van der Waals surface area contributed by atoms with E-state index >= 15 is 0 Å². The molecule has 6 heteroatoms. The molecule has 1 N–H and O–H groups in total. The molecule has 26 heavy (non-hydrogen) atoms. The molecule has 1 saturated heterocycles. The third kappa shape index (κ3) is 5.81. The minimum atomic E-state index is -0.104. The Bertz CT molecular complexity index is 582. The highest BCUT2D eigenvalue weighted by atomic mass is 32.2. The summed E-state index contributed by atoms with van der Waals surface area (Å²) in [6.45, 7) is 6.72. The van der Waals surface area contributed by atoms with E-state index in [2.05, 4.69) is 17.1 Å². The van der Waals surface area contributed by atoms with Crippen molar-refractivity contribution in [3.05, 3.63) is 23.8 Å². The molecular formula is C20H32N2O3S. The number of nitrogens with zero attached hydrogens (tertiary/aromatic N) is 1. The number of ether oxygens (including phenoxy) is 2. The average Bonchev–Trinajstić information content (AvgIpc) is 2.91. The largest absolute Gasteiger partial charge is 0.493 e. The highest BCUT2D eigenvalue weighted by Crippen LogP contribution is 2.27. The molecule has 2 atom stereocenters. The number of hydrogen-bond acceptors (Lipinski definition) is 5. The van der Waals surface area contributed by atoms with Crippen molar-refractivity contribution in [2.45, 2.75) is 50.9 Å². The number of likely N-dealkylation sites (tertiary alicyclic amines) is 1. The zero-order valence-electron chi connectivity index (χ0n) is 16.4. The molecule has 1 amide bonds. The standard InChI is InChI=1S/C20H32N2O3S/c1-5-26-17-8-6-7-11-22(14-17)15(2)20(23)21-13-16-9-10-18(24-3)19(12-16)25-4/h9-10,12,15,17H,5-8,11,13-14H2,1-4H3,(H,21,23). The predicted octanol–water partition coefficient (Wildman–Crippen LogP) is 3.32. The van der Waals surface area contributed by atoms with Crippen molar-refractivity contribution in [2.75, 3.05) is 33.1 Å². The van der Waals surface area contributed by atoms with Crippen LogP contribution in [0, 0.1) is 0 Å². The first-order valence-electron chi connectivity index (χ1n) is 9.43. The van der Waals surface area contributed by atoms with Gasteiger partial charge in [-0.2, -0.15) is 11.8 Å². The van der Waals surface area contributed by atoms with E-state index in [0.29, 0.717) is 23.3 Å². The number of nitrogens with one attached hydrogen (secondary N) is 1. The smallest absolute Gasteiger partial charge is 0.237 e. The van der Waals surface area contributed by atoms with Crippen LogP contribution < -0.4 is 14.8 Å². The van der Waals surface area contributed by atoms with Crippen LogP contribution in [0.2, 0.25) is 0 Å². The highest BCUT2D eigenvalue weighted by Gasteiger charge is 2.26. The van der Waals surface area contributed by atoms with Crippen molar-refractivity contribution in [3.8, 4) is 11.5 Å². The fraction of sp³-hybridized carbons (Fsp3) is 0.650. The van der Waals surface area contributed by atoms with E-state index in [9.17, 15) is 4.79 Å². The Morgan fingerprint density at radius 2 is 2.08 bits per heavy atom. The molecule has 1 aromatic carbocycles. The molecule has 1 heterocycles. The van der Waals surface area contributed by atoms with Gasteiger partial charge in [-0.15, -0.1) is 0 Å². The highest BCUT2D eigenvalue weighted by molar-refractivity contribution is 7.99. The summed E-state index contributed by atoms with van der Waals surface area (Å²) in [5.74, 6) is 2.60. The molecule has 0 aromatic heterocycles. The summed E-state index contributed by atoms with van der Waals surface area (Å²) in [4.78, 5) is 15.0. The second kappa shape index (κ2) is 10.7. The van der Waals surface area contributed by atoms with Crippen LogP contribution in [-0.4, -0.2) is 55.2 Å². The van der Waals surface area contributed by atoms with Crippen molar-refractivity contribution in [1.82, 2.24) is 10.2 Å². The van der Waals surface area contributed by atoms with Crippen molar-refractivity contribution in [1.29, 1.82) is 0 Å². The van der Waals surface area contributed by atoms with Gasteiger partial charge in [0, 0.05) is 18.3 Å². The Morgan fingerprint density at radius 1 is 1.31 bits per heavy atom. The molecule has 0 aliphatic carbocycles. The number of carbonyl (C=O) groups excluding carboxylic acids is 1. The van der Waals surface area contributed by atoms with Gasteiger partial charge in [0.25, 0.3) is 0 Å². The molecule has 1 aliphatic rings. The van der Waals surface area contributed by atoms with Gasteiger partial charge < -0.3 is 14.8 Å². The predicted molar refractivity (Wildman–Crippen MR) is 108 cm³/mol. The van der Waals surface area contributed by atoms with Crippen LogP contribution in [0.4, 0.5) is 0 Å². The van der Waals surface area contributed by atoms with Crippen LogP contribution in [0.1, 0.15) is 38.7 Å². The van der Waals surface area contributed by atoms with Gasteiger partial charge in [-0.25, -0.2) is 0 Å². The van der Waals surface area contributed by atoms with E-state index in [1.165, 1.54) is 19.3 Å². The lowest BCUT2D eigenvalue weighted by Crippen LogP contribution is -2.46. The molecule has 1 aliphatic heterocycles. The average molecular weight is 381 g/mol.